The Balaban J connectivity index is 1.55. The Morgan fingerprint density at radius 1 is 1.25 bits per heavy atom. The molecule has 0 unspecified atom stereocenters. The van der Waals surface area contributed by atoms with E-state index >= 15 is 0 Å². The minimum atomic E-state index is -0.561. The van der Waals surface area contributed by atoms with E-state index in [1.165, 1.54) is 18.0 Å². The van der Waals surface area contributed by atoms with Crippen LogP contribution >= 0.6 is 0 Å². The SMILES string of the molecule is CCC1(CC)OCc2ccc(Oc3ncc(N4C(=O)N[C@@H](C)C4=O)cn3)cc21. The summed E-state index contributed by atoms with van der Waals surface area (Å²) >= 11 is 0. The van der Waals surface area contributed by atoms with Gasteiger partial charge in [-0.2, -0.15) is 0 Å². The summed E-state index contributed by atoms with van der Waals surface area (Å²) in [7, 11) is 0. The summed E-state index contributed by atoms with van der Waals surface area (Å²) in [5.41, 5.74) is 2.33. The van der Waals surface area contributed by atoms with Gasteiger partial charge >= 0.3 is 12.0 Å². The molecule has 1 aromatic carbocycles. The van der Waals surface area contributed by atoms with E-state index in [1.807, 2.05) is 18.2 Å². The van der Waals surface area contributed by atoms with Gasteiger partial charge in [0.25, 0.3) is 5.91 Å². The Morgan fingerprint density at radius 3 is 2.57 bits per heavy atom. The van der Waals surface area contributed by atoms with Crippen molar-refractivity contribution >= 4 is 17.6 Å². The molecule has 3 amide bonds. The molecule has 3 heterocycles. The number of imide groups is 1. The zero-order valence-corrected chi connectivity index (χ0v) is 16.1. The first-order valence-corrected chi connectivity index (χ1v) is 9.39. The second-order valence-corrected chi connectivity index (χ2v) is 6.98. The molecule has 0 aliphatic carbocycles. The highest BCUT2D eigenvalue weighted by Gasteiger charge is 2.38. The lowest BCUT2D eigenvalue weighted by molar-refractivity contribution is -0.117. The summed E-state index contributed by atoms with van der Waals surface area (Å²) in [6.45, 7) is 6.46. The first-order valence-electron chi connectivity index (χ1n) is 9.39. The Hall–Kier alpha value is -3.00. The van der Waals surface area contributed by atoms with Crippen LogP contribution < -0.4 is 15.0 Å². The van der Waals surface area contributed by atoms with E-state index in [0.717, 1.165) is 23.3 Å². The Labute approximate surface area is 162 Å². The predicted octanol–water partition coefficient (Wildman–Crippen LogP) is 3.26. The highest BCUT2D eigenvalue weighted by atomic mass is 16.5. The minimum Gasteiger partial charge on any atom is -0.424 e. The van der Waals surface area contributed by atoms with Gasteiger partial charge in [0.15, 0.2) is 0 Å². The van der Waals surface area contributed by atoms with Gasteiger partial charge in [-0.3, -0.25) is 4.79 Å². The number of hydrogen-bond donors (Lipinski definition) is 1. The van der Waals surface area contributed by atoms with Crippen LogP contribution in [0.1, 0.15) is 44.7 Å². The number of carbonyl (C=O) groups excluding carboxylic acids is 2. The molecular weight excluding hydrogens is 360 g/mol. The van der Waals surface area contributed by atoms with Gasteiger partial charge in [0.1, 0.15) is 11.8 Å². The van der Waals surface area contributed by atoms with Crippen LogP contribution in [0.4, 0.5) is 10.5 Å². The van der Waals surface area contributed by atoms with Gasteiger partial charge < -0.3 is 14.8 Å². The maximum absolute atomic E-state index is 12.1. The molecule has 8 nitrogen and oxygen atoms in total. The summed E-state index contributed by atoms with van der Waals surface area (Å²) in [6, 6.07) is 4.94. The van der Waals surface area contributed by atoms with Crippen LogP contribution in [0.15, 0.2) is 30.6 Å². The highest BCUT2D eigenvalue weighted by molar-refractivity contribution is 6.21. The van der Waals surface area contributed by atoms with Crippen molar-refractivity contribution in [3.63, 3.8) is 0 Å². The molecule has 8 heteroatoms. The van der Waals surface area contributed by atoms with Crippen molar-refractivity contribution in [1.82, 2.24) is 15.3 Å². The molecule has 0 spiro atoms. The Bertz CT molecular complexity index is 924. The number of hydrogen-bond acceptors (Lipinski definition) is 6. The number of nitrogens with zero attached hydrogens (tertiary/aromatic N) is 3. The summed E-state index contributed by atoms with van der Waals surface area (Å²) < 4.78 is 11.9. The van der Waals surface area contributed by atoms with Gasteiger partial charge in [0.05, 0.1) is 30.3 Å². The molecule has 0 bridgehead atoms. The second kappa shape index (κ2) is 6.87. The molecule has 0 saturated carbocycles. The molecule has 2 aromatic rings. The molecule has 2 aliphatic heterocycles. The van der Waals surface area contributed by atoms with E-state index in [2.05, 4.69) is 29.1 Å². The first-order chi connectivity index (χ1) is 13.5. The fraction of sp³-hybridized carbons (Fsp3) is 0.400. The fourth-order valence-corrected chi connectivity index (χ4v) is 3.73. The van der Waals surface area contributed by atoms with E-state index in [0.29, 0.717) is 18.0 Å². The van der Waals surface area contributed by atoms with Crippen molar-refractivity contribution in [2.45, 2.75) is 51.9 Å². The van der Waals surface area contributed by atoms with Crippen molar-refractivity contribution in [1.29, 1.82) is 0 Å². The highest BCUT2D eigenvalue weighted by Crippen LogP contribution is 2.43. The maximum Gasteiger partial charge on any atom is 0.329 e. The zero-order valence-electron chi connectivity index (χ0n) is 16.1. The number of ether oxygens (including phenoxy) is 2. The summed E-state index contributed by atoms with van der Waals surface area (Å²) in [5, 5.41) is 2.55. The quantitative estimate of drug-likeness (QED) is 0.798. The van der Waals surface area contributed by atoms with E-state index in [1.54, 1.807) is 6.92 Å². The normalized spacial score (nSPS) is 20.2. The van der Waals surface area contributed by atoms with Gasteiger partial charge in [0, 0.05) is 0 Å². The standard InChI is InChI=1S/C20H22N4O4/c1-4-20(5-2)16-8-15(7-6-13(16)11-27-20)28-18-21-9-14(10-22-18)24-17(25)12(3)23-19(24)26/h6-10,12H,4-5,11H2,1-3H3,(H,23,26)/t12-/m0/s1. The summed E-state index contributed by atoms with van der Waals surface area (Å²) in [6.07, 6.45) is 4.57. The number of nitrogens with one attached hydrogen (secondary N) is 1. The molecule has 28 heavy (non-hydrogen) atoms. The molecule has 1 aromatic heterocycles. The third-order valence-electron chi connectivity index (χ3n) is 5.43. The van der Waals surface area contributed by atoms with E-state index in [9.17, 15) is 9.59 Å². The lowest BCUT2D eigenvalue weighted by atomic mass is 9.87. The third-order valence-corrected chi connectivity index (χ3v) is 5.43. The van der Waals surface area contributed by atoms with Crippen molar-refractivity contribution in [3.8, 4) is 11.8 Å². The van der Waals surface area contributed by atoms with Crippen LogP contribution in [0.2, 0.25) is 0 Å². The number of rotatable bonds is 5. The predicted molar refractivity (Wildman–Crippen MR) is 101 cm³/mol. The lowest BCUT2D eigenvalue weighted by Crippen LogP contribution is -2.31. The average Bonchev–Trinajstić information content (AvgIpc) is 3.19. The number of benzene rings is 1. The topological polar surface area (TPSA) is 93.7 Å². The molecule has 0 radical (unpaired) electrons. The molecule has 1 fully saturated rings. The van der Waals surface area contributed by atoms with Crippen LogP contribution in [0.5, 0.6) is 11.8 Å². The van der Waals surface area contributed by atoms with Gasteiger partial charge in [-0.15, -0.1) is 0 Å². The molecule has 2 aliphatic rings. The number of fused-ring (bicyclic) bond motifs is 1. The van der Waals surface area contributed by atoms with Crippen molar-refractivity contribution in [2.75, 3.05) is 4.90 Å². The smallest absolute Gasteiger partial charge is 0.329 e. The Kier molecular flexibility index (Phi) is 4.50. The van der Waals surface area contributed by atoms with Crippen LogP contribution in [0, 0.1) is 0 Å². The number of anilines is 1. The van der Waals surface area contributed by atoms with Crippen LogP contribution in [0.25, 0.3) is 0 Å². The number of aromatic nitrogens is 2. The molecule has 1 N–H and O–H groups in total. The van der Waals surface area contributed by atoms with Gasteiger partial charge in [-0.1, -0.05) is 19.9 Å². The number of urea groups is 1. The van der Waals surface area contributed by atoms with Crippen LogP contribution in [-0.4, -0.2) is 27.9 Å². The number of carbonyl (C=O) groups is 2. The molecule has 146 valence electrons. The van der Waals surface area contributed by atoms with Crippen LogP contribution in [-0.2, 0) is 21.7 Å². The third kappa shape index (κ3) is 2.90. The van der Waals surface area contributed by atoms with Gasteiger partial charge in [-0.05, 0) is 43.0 Å². The van der Waals surface area contributed by atoms with Gasteiger partial charge in [-0.25, -0.2) is 19.7 Å². The van der Waals surface area contributed by atoms with E-state index < -0.39 is 12.1 Å². The van der Waals surface area contributed by atoms with Crippen molar-refractivity contribution < 1.29 is 19.1 Å². The fourth-order valence-electron chi connectivity index (χ4n) is 3.73. The summed E-state index contributed by atoms with van der Waals surface area (Å²) in [5.74, 6) is 0.281. The molecule has 4 rings (SSSR count). The van der Waals surface area contributed by atoms with Gasteiger partial charge in [0.2, 0.25) is 0 Å². The molecular formula is C20H22N4O4. The number of amides is 3. The average molecular weight is 382 g/mol. The largest absolute Gasteiger partial charge is 0.424 e. The van der Waals surface area contributed by atoms with E-state index in [-0.39, 0.29) is 17.5 Å². The molecule has 1 saturated heterocycles. The first kappa shape index (κ1) is 18.4. The molecule has 1 atom stereocenters. The Morgan fingerprint density at radius 2 is 1.96 bits per heavy atom. The second-order valence-electron chi connectivity index (χ2n) is 6.98. The summed E-state index contributed by atoms with van der Waals surface area (Å²) in [4.78, 5) is 33.3. The monoisotopic (exact) mass is 382 g/mol. The zero-order chi connectivity index (χ0) is 19.9. The van der Waals surface area contributed by atoms with E-state index in [4.69, 9.17) is 9.47 Å². The van der Waals surface area contributed by atoms with Crippen LogP contribution in [0.3, 0.4) is 0 Å². The minimum absolute atomic E-state index is 0.140. The van der Waals surface area contributed by atoms with Crippen molar-refractivity contribution in [2.24, 2.45) is 0 Å². The maximum atomic E-state index is 12.1. The van der Waals surface area contributed by atoms with Crippen molar-refractivity contribution in [3.05, 3.63) is 41.7 Å². The lowest BCUT2D eigenvalue weighted by Gasteiger charge is -2.26.